The summed E-state index contributed by atoms with van der Waals surface area (Å²) in [5.74, 6) is 0. The lowest BCUT2D eigenvalue weighted by atomic mass is 10.2. The molecule has 0 spiro atoms. The highest BCUT2D eigenvalue weighted by molar-refractivity contribution is 7.13. The molecule has 22 heavy (non-hydrogen) atoms. The van der Waals surface area contributed by atoms with Gasteiger partial charge >= 0.3 is 6.03 Å². The van der Waals surface area contributed by atoms with E-state index in [1.807, 2.05) is 5.38 Å². The van der Waals surface area contributed by atoms with E-state index in [4.69, 9.17) is 4.74 Å². The van der Waals surface area contributed by atoms with E-state index >= 15 is 0 Å². The molecule has 2 aromatic rings. The molecule has 0 saturated carbocycles. The van der Waals surface area contributed by atoms with Crippen LogP contribution in [0.5, 0.6) is 0 Å². The summed E-state index contributed by atoms with van der Waals surface area (Å²) in [7, 11) is 1.76. The number of thiazole rings is 1. The molecule has 1 aliphatic heterocycles. The lowest BCUT2D eigenvalue weighted by molar-refractivity contribution is 0.145. The van der Waals surface area contributed by atoms with Gasteiger partial charge in [0.15, 0.2) is 0 Å². The number of nitrogens with zero attached hydrogens (tertiary/aromatic N) is 3. The molecule has 8 heteroatoms. The number of aromatic nitrogens is 3. The van der Waals surface area contributed by atoms with Gasteiger partial charge in [-0.3, -0.25) is 5.10 Å². The molecule has 2 N–H and O–H groups in total. The maximum atomic E-state index is 12.3. The molecular weight excluding hydrogens is 302 g/mol. The predicted octanol–water partition coefficient (Wildman–Crippen LogP) is 2.34. The summed E-state index contributed by atoms with van der Waals surface area (Å²) in [5.41, 5.74) is 2.47. The van der Waals surface area contributed by atoms with Crippen LogP contribution in [0.25, 0.3) is 10.7 Å². The van der Waals surface area contributed by atoms with Crippen molar-refractivity contribution in [1.29, 1.82) is 0 Å². The third kappa shape index (κ3) is 3.34. The van der Waals surface area contributed by atoms with E-state index in [1.165, 1.54) is 11.3 Å². The number of carbonyl (C=O) groups excluding carboxylic acids is 1. The van der Waals surface area contributed by atoms with E-state index in [1.54, 1.807) is 24.3 Å². The Morgan fingerprint density at radius 1 is 1.59 bits per heavy atom. The summed E-state index contributed by atoms with van der Waals surface area (Å²) in [5, 5.41) is 12.4. The van der Waals surface area contributed by atoms with Crippen LogP contribution in [-0.4, -0.2) is 52.9 Å². The average Bonchev–Trinajstić information content (AvgIpc) is 3.18. The van der Waals surface area contributed by atoms with Crippen LogP contribution in [0.4, 0.5) is 10.5 Å². The van der Waals surface area contributed by atoms with Gasteiger partial charge in [-0.2, -0.15) is 5.10 Å². The van der Waals surface area contributed by atoms with Gasteiger partial charge in [-0.15, -0.1) is 11.3 Å². The average molecular weight is 319 g/mol. The van der Waals surface area contributed by atoms with Gasteiger partial charge in [0.25, 0.3) is 0 Å². The molecule has 0 fully saturated rings. The van der Waals surface area contributed by atoms with E-state index in [9.17, 15) is 4.79 Å². The van der Waals surface area contributed by atoms with Crippen molar-refractivity contribution in [3.8, 4) is 10.7 Å². The van der Waals surface area contributed by atoms with Crippen molar-refractivity contribution in [1.82, 2.24) is 20.1 Å². The van der Waals surface area contributed by atoms with E-state index in [2.05, 4.69) is 26.6 Å². The fourth-order valence-electron chi connectivity index (χ4n) is 2.20. The number of likely N-dealkylation sites (N-methyl/N-ethyl adjacent to an activating group) is 1. The van der Waals surface area contributed by atoms with Gasteiger partial charge in [-0.25, -0.2) is 9.78 Å². The Morgan fingerprint density at radius 2 is 2.50 bits per heavy atom. The van der Waals surface area contributed by atoms with Gasteiger partial charge < -0.3 is 15.0 Å². The minimum Gasteiger partial charge on any atom is -0.377 e. The molecule has 0 aromatic carbocycles. The monoisotopic (exact) mass is 319 g/mol. The minimum atomic E-state index is -0.189. The molecule has 0 bridgehead atoms. The first-order chi connectivity index (χ1) is 10.7. The lowest BCUT2D eigenvalue weighted by Gasteiger charge is -2.21. The zero-order valence-electron chi connectivity index (χ0n) is 12.2. The number of hydrogen-bond acceptors (Lipinski definition) is 5. The van der Waals surface area contributed by atoms with E-state index in [-0.39, 0.29) is 6.03 Å². The largest absolute Gasteiger partial charge is 0.377 e. The van der Waals surface area contributed by atoms with Crippen molar-refractivity contribution < 1.29 is 9.53 Å². The molecule has 7 nitrogen and oxygen atoms in total. The van der Waals surface area contributed by atoms with Crippen molar-refractivity contribution >= 4 is 23.1 Å². The smallest absolute Gasteiger partial charge is 0.321 e. The fraction of sp³-hybridized carbons (Fsp3) is 0.357. The van der Waals surface area contributed by atoms with Crippen molar-refractivity contribution in [2.75, 3.05) is 32.1 Å². The number of anilines is 1. The standard InChI is InChI=1S/C14H17N5O2S/c1-19(8-10-3-2-5-21-9-10)14(20)17-11-7-16-18-12(11)13-15-4-6-22-13/h3-4,6-7H,2,5,8-9H2,1H3,(H,16,18)(H,17,20). The molecule has 2 amide bonds. The summed E-state index contributed by atoms with van der Waals surface area (Å²) in [4.78, 5) is 18.1. The second-order valence-electron chi connectivity index (χ2n) is 4.99. The summed E-state index contributed by atoms with van der Waals surface area (Å²) in [6, 6.07) is -0.189. The molecule has 3 rings (SSSR count). The third-order valence-corrected chi connectivity index (χ3v) is 4.09. The molecule has 116 valence electrons. The van der Waals surface area contributed by atoms with Gasteiger partial charge in [0.1, 0.15) is 10.7 Å². The molecule has 2 aromatic heterocycles. The number of rotatable bonds is 4. The van der Waals surface area contributed by atoms with Crippen LogP contribution in [0, 0.1) is 0 Å². The Kier molecular flexibility index (Phi) is 4.50. The number of nitrogens with one attached hydrogen (secondary N) is 2. The Bertz CT molecular complexity index is 665. The van der Waals surface area contributed by atoms with Crippen LogP contribution in [0.1, 0.15) is 6.42 Å². The van der Waals surface area contributed by atoms with Gasteiger partial charge in [0.05, 0.1) is 25.1 Å². The summed E-state index contributed by atoms with van der Waals surface area (Å²) < 4.78 is 5.39. The number of amides is 2. The number of aromatic amines is 1. The Labute approximate surface area is 132 Å². The van der Waals surface area contributed by atoms with Gasteiger partial charge in [0.2, 0.25) is 0 Å². The highest BCUT2D eigenvalue weighted by atomic mass is 32.1. The topological polar surface area (TPSA) is 83.1 Å². The summed E-state index contributed by atoms with van der Waals surface area (Å²) in [6.45, 7) is 1.90. The van der Waals surface area contributed by atoms with E-state index in [0.717, 1.165) is 29.3 Å². The number of urea groups is 1. The van der Waals surface area contributed by atoms with Crippen LogP contribution < -0.4 is 5.32 Å². The molecule has 0 atom stereocenters. The highest BCUT2D eigenvalue weighted by Gasteiger charge is 2.16. The quantitative estimate of drug-likeness (QED) is 0.847. The van der Waals surface area contributed by atoms with Crippen LogP contribution in [0.2, 0.25) is 0 Å². The van der Waals surface area contributed by atoms with Crippen molar-refractivity contribution in [3.05, 3.63) is 29.4 Å². The predicted molar refractivity (Wildman–Crippen MR) is 84.9 cm³/mol. The zero-order chi connectivity index (χ0) is 15.4. The number of ether oxygens (including phenoxy) is 1. The number of hydrogen-bond donors (Lipinski definition) is 2. The molecular formula is C14H17N5O2S. The summed E-state index contributed by atoms with van der Waals surface area (Å²) in [6.07, 6.45) is 6.34. The van der Waals surface area contributed by atoms with Crippen LogP contribution in [0.3, 0.4) is 0 Å². The van der Waals surface area contributed by atoms with E-state index in [0.29, 0.717) is 18.8 Å². The zero-order valence-corrected chi connectivity index (χ0v) is 13.0. The second kappa shape index (κ2) is 6.71. The maximum Gasteiger partial charge on any atom is 0.321 e. The minimum absolute atomic E-state index is 0.189. The number of H-pyrrole nitrogens is 1. The van der Waals surface area contributed by atoms with Gasteiger partial charge in [-0.1, -0.05) is 6.08 Å². The molecule has 1 aliphatic rings. The fourth-order valence-corrected chi connectivity index (χ4v) is 2.84. The van der Waals surface area contributed by atoms with Crippen LogP contribution in [0.15, 0.2) is 29.4 Å². The van der Waals surface area contributed by atoms with E-state index < -0.39 is 0 Å². The Balaban J connectivity index is 1.64. The van der Waals surface area contributed by atoms with Gasteiger partial charge in [-0.05, 0) is 12.0 Å². The van der Waals surface area contributed by atoms with Crippen LogP contribution in [-0.2, 0) is 4.74 Å². The molecule has 0 radical (unpaired) electrons. The Hall–Kier alpha value is -2.19. The lowest BCUT2D eigenvalue weighted by Crippen LogP contribution is -2.34. The van der Waals surface area contributed by atoms with Crippen LogP contribution >= 0.6 is 11.3 Å². The van der Waals surface area contributed by atoms with Crippen molar-refractivity contribution in [2.24, 2.45) is 0 Å². The molecule has 0 aliphatic carbocycles. The maximum absolute atomic E-state index is 12.3. The van der Waals surface area contributed by atoms with Crippen molar-refractivity contribution in [2.45, 2.75) is 6.42 Å². The van der Waals surface area contributed by atoms with Crippen molar-refractivity contribution in [3.63, 3.8) is 0 Å². The first-order valence-electron chi connectivity index (χ1n) is 6.95. The second-order valence-corrected chi connectivity index (χ2v) is 5.88. The molecule has 3 heterocycles. The molecule has 0 saturated heterocycles. The first kappa shape index (κ1) is 14.7. The third-order valence-electron chi connectivity index (χ3n) is 3.30. The SMILES string of the molecule is CN(CC1=CCCOC1)C(=O)Nc1cn[nH]c1-c1nccs1. The molecule has 0 unspecified atom stereocenters. The Morgan fingerprint density at radius 3 is 3.23 bits per heavy atom. The first-order valence-corrected chi connectivity index (χ1v) is 7.83. The van der Waals surface area contributed by atoms with Gasteiger partial charge in [0, 0.05) is 25.2 Å². The normalized spacial score (nSPS) is 14.5. The highest BCUT2D eigenvalue weighted by Crippen LogP contribution is 2.27. The number of carbonyl (C=O) groups is 1. The summed E-state index contributed by atoms with van der Waals surface area (Å²) >= 11 is 1.49.